The summed E-state index contributed by atoms with van der Waals surface area (Å²) in [5.41, 5.74) is 0.666. The average Bonchev–Trinajstić information content (AvgIpc) is 2.14. The lowest BCUT2D eigenvalue weighted by Gasteiger charge is -2.49. The van der Waals surface area contributed by atoms with Gasteiger partial charge in [-0.15, -0.1) is 0 Å². The number of likely N-dealkylation sites (tertiary alicyclic amines) is 1. The summed E-state index contributed by atoms with van der Waals surface area (Å²) >= 11 is 0. The van der Waals surface area contributed by atoms with Crippen molar-refractivity contribution in [2.24, 2.45) is 5.41 Å². The zero-order chi connectivity index (χ0) is 10.9. The molecule has 1 aliphatic carbocycles. The normalized spacial score (nSPS) is 27.3. The Labute approximate surface area is 91.5 Å². The lowest BCUT2D eigenvalue weighted by atomic mass is 9.63. The third-order valence-corrected chi connectivity index (χ3v) is 4.37. The van der Waals surface area contributed by atoms with E-state index in [2.05, 4.69) is 4.90 Å². The molecule has 1 N–H and O–H groups in total. The minimum Gasteiger partial charge on any atom is -0.481 e. The van der Waals surface area contributed by atoms with Crippen molar-refractivity contribution in [2.75, 3.05) is 13.1 Å². The van der Waals surface area contributed by atoms with E-state index in [1.54, 1.807) is 0 Å². The van der Waals surface area contributed by atoms with Crippen molar-refractivity contribution in [2.45, 2.75) is 51.5 Å². The van der Waals surface area contributed by atoms with Gasteiger partial charge in [0.1, 0.15) is 0 Å². The van der Waals surface area contributed by atoms with Crippen LogP contribution in [0.2, 0.25) is 0 Å². The number of carboxylic acids is 1. The quantitative estimate of drug-likeness (QED) is 0.777. The third kappa shape index (κ3) is 2.33. The Morgan fingerprint density at radius 2 is 1.93 bits per heavy atom. The Morgan fingerprint density at radius 1 is 1.33 bits per heavy atom. The van der Waals surface area contributed by atoms with Gasteiger partial charge in [-0.05, 0) is 51.1 Å². The average molecular weight is 211 g/mol. The Bertz CT molecular complexity index is 238. The monoisotopic (exact) mass is 211 g/mol. The number of rotatable bonds is 3. The van der Waals surface area contributed by atoms with Crippen molar-refractivity contribution in [1.82, 2.24) is 4.90 Å². The van der Waals surface area contributed by atoms with Crippen molar-refractivity contribution in [1.29, 1.82) is 0 Å². The standard InChI is InChI=1S/C12H21NO2/c1-10(9-11(14)15)13-7-5-12(6-8-13)3-2-4-12/h10H,2-9H2,1H3,(H,14,15). The van der Waals surface area contributed by atoms with Gasteiger partial charge in [-0.1, -0.05) is 6.42 Å². The van der Waals surface area contributed by atoms with Crippen LogP contribution in [0.5, 0.6) is 0 Å². The molecule has 0 aromatic rings. The van der Waals surface area contributed by atoms with Crippen LogP contribution in [0.15, 0.2) is 0 Å². The number of carboxylic acid groups (broad SMARTS) is 1. The van der Waals surface area contributed by atoms with Crippen molar-refractivity contribution < 1.29 is 9.90 Å². The van der Waals surface area contributed by atoms with Crippen LogP contribution >= 0.6 is 0 Å². The molecule has 2 fully saturated rings. The summed E-state index contributed by atoms with van der Waals surface area (Å²) in [7, 11) is 0. The molecule has 15 heavy (non-hydrogen) atoms. The maximum absolute atomic E-state index is 10.6. The van der Waals surface area contributed by atoms with Gasteiger partial charge in [-0.2, -0.15) is 0 Å². The molecule has 86 valence electrons. The summed E-state index contributed by atoms with van der Waals surface area (Å²) in [4.78, 5) is 13.0. The number of hydrogen-bond donors (Lipinski definition) is 1. The molecule has 1 atom stereocenters. The van der Waals surface area contributed by atoms with Crippen LogP contribution in [-0.4, -0.2) is 35.1 Å². The van der Waals surface area contributed by atoms with Gasteiger partial charge in [-0.3, -0.25) is 4.79 Å². The number of nitrogens with zero attached hydrogens (tertiary/aromatic N) is 1. The molecule has 1 saturated carbocycles. The van der Waals surface area contributed by atoms with Gasteiger partial charge in [0.05, 0.1) is 6.42 Å². The smallest absolute Gasteiger partial charge is 0.304 e. The maximum Gasteiger partial charge on any atom is 0.304 e. The summed E-state index contributed by atoms with van der Waals surface area (Å²) in [6.07, 6.45) is 7.09. The molecule has 1 saturated heterocycles. The van der Waals surface area contributed by atoms with E-state index in [1.165, 1.54) is 32.1 Å². The highest BCUT2D eigenvalue weighted by Crippen LogP contribution is 2.49. The second-order valence-electron chi connectivity index (χ2n) is 5.34. The predicted molar refractivity (Wildman–Crippen MR) is 58.8 cm³/mol. The fraction of sp³-hybridized carbons (Fsp3) is 0.917. The van der Waals surface area contributed by atoms with E-state index in [0.717, 1.165) is 13.1 Å². The highest BCUT2D eigenvalue weighted by Gasteiger charge is 2.40. The van der Waals surface area contributed by atoms with E-state index in [-0.39, 0.29) is 12.5 Å². The lowest BCUT2D eigenvalue weighted by molar-refractivity contribution is -0.138. The van der Waals surface area contributed by atoms with E-state index in [0.29, 0.717) is 5.41 Å². The van der Waals surface area contributed by atoms with Crippen LogP contribution in [0.25, 0.3) is 0 Å². The second-order valence-corrected chi connectivity index (χ2v) is 5.34. The highest BCUT2D eigenvalue weighted by atomic mass is 16.4. The van der Waals surface area contributed by atoms with E-state index in [4.69, 9.17) is 5.11 Å². The Morgan fingerprint density at radius 3 is 2.33 bits per heavy atom. The molecule has 0 aromatic heterocycles. The molecule has 2 rings (SSSR count). The Kier molecular flexibility index (Phi) is 3.01. The molecule has 1 heterocycles. The topological polar surface area (TPSA) is 40.5 Å². The first kappa shape index (κ1) is 10.9. The number of aliphatic carboxylic acids is 1. The molecule has 3 heteroatoms. The van der Waals surface area contributed by atoms with Crippen LogP contribution in [0, 0.1) is 5.41 Å². The van der Waals surface area contributed by atoms with Crippen LogP contribution in [0.3, 0.4) is 0 Å². The lowest BCUT2D eigenvalue weighted by Crippen LogP contribution is -2.47. The van der Waals surface area contributed by atoms with E-state index in [9.17, 15) is 4.79 Å². The van der Waals surface area contributed by atoms with Crippen molar-refractivity contribution in [3.8, 4) is 0 Å². The van der Waals surface area contributed by atoms with Gasteiger partial charge in [0.25, 0.3) is 0 Å². The van der Waals surface area contributed by atoms with Gasteiger partial charge >= 0.3 is 5.97 Å². The first-order chi connectivity index (χ1) is 7.11. The van der Waals surface area contributed by atoms with Crippen molar-refractivity contribution in [3.05, 3.63) is 0 Å². The first-order valence-corrected chi connectivity index (χ1v) is 6.07. The number of carbonyl (C=O) groups is 1. The SMILES string of the molecule is CC(CC(=O)O)N1CCC2(CCC2)CC1. The van der Waals surface area contributed by atoms with Gasteiger partial charge < -0.3 is 10.0 Å². The third-order valence-electron chi connectivity index (χ3n) is 4.37. The molecule has 1 spiro atoms. The van der Waals surface area contributed by atoms with Crippen molar-refractivity contribution >= 4 is 5.97 Å². The minimum atomic E-state index is -0.675. The molecular formula is C12H21NO2. The first-order valence-electron chi connectivity index (χ1n) is 6.07. The molecule has 0 aromatic carbocycles. The second kappa shape index (κ2) is 4.12. The van der Waals surface area contributed by atoms with Gasteiger partial charge in [0.2, 0.25) is 0 Å². The van der Waals surface area contributed by atoms with E-state index < -0.39 is 5.97 Å². The Balaban J connectivity index is 1.79. The summed E-state index contributed by atoms with van der Waals surface area (Å²) in [6.45, 7) is 4.25. The van der Waals surface area contributed by atoms with Crippen LogP contribution < -0.4 is 0 Å². The molecule has 1 aliphatic heterocycles. The number of piperidine rings is 1. The van der Waals surface area contributed by atoms with Gasteiger partial charge in [-0.25, -0.2) is 0 Å². The fourth-order valence-corrected chi connectivity index (χ4v) is 3.00. The van der Waals surface area contributed by atoms with E-state index in [1.807, 2.05) is 6.92 Å². The van der Waals surface area contributed by atoms with Gasteiger partial charge in [0, 0.05) is 6.04 Å². The Hall–Kier alpha value is -0.570. The summed E-state index contributed by atoms with van der Waals surface area (Å²) in [5.74, 6) is -0.675. The largest absolute Gasteiger partial charge is 0.481 e. The molecule has 2 aliphatic rings. The van der Waals surface area contributed by atoms with E-state index >= 15 is 0 Å². The molecule has 0 radical (unpaired) electrons. The van der Waals surface area contributed by atoms with Crippen LogP contribution in [0.1, 0.15) is 45.4 Å². The summed E-state index contributed by atoms with van der Waals surface area (Å²) in [5, 5.41) is 8.75. The summed E-state index contributed by atoms with van der Waals surface area (Å²) < 4.78 is 0. The fourth-order valence-electron chi connectivity index (χ4n) is 3.00. The highest BCUT2D eigenvalue weighted by molar-refractivity contribution is 5.67. The minimum absolute atomic E-state index is 0.208. The number of hydrogen-bond acceptors (Lipinski definition) is 2. The molecule has 0 amide bonds. The molecule has 3 nitrogen and oxygen atoms in total. The van der Waals surface area contributed by atoms with Gasteiger partial charge in [0.15, 0.2) is 0 Å². The zero-order valence-electron chi connectivity index (χ0n) is 9.54. The molecule has 1 unspecified atom stereocenters. The molecular weight excluding hydrogens is 190 g/mol. The van der Waals surface area contributed by atoms with Crippen LogP contribution in [-0.2, 0) is 4.79 Å². The zero-order valence-corrected chi connectivity index (χ0v) is 9.54. The maximum atomic E-state index is 10.6. The molecule has 0 bridgehead atoms. The van der Waals surface area contributed by atoms with Crippen LogP contribution in [0.4, 0.5) is 0 Å². The summed E-state index contributed by atoms with van der Waals surface area (Å²) in [6, 6.07) is 0.208. The predicted octanol–water partition coefficient (Wildman–Crippen LogP) is 2.12. The van der Waals surface area contributed by atoms with Crippen molar-refractivity contribution in [3.63, 3.8) is 0 Å².